The Morgan fingerprint density at radius 1 is 0.795 bits per heavy atom. The SMILES string of the molecule is O=C(Cn1cc(S(=O)(=O)Cc2ccccc2F)c2ccccc21)NCCC(c1ccccc1)c1ccccc1. The van der Waals surface area contributed by atoms with E-state index in [1.807, 2.05) is 36.4 Å². The monoisotopic (exact) mass is 540 g/mol. The zero-order valence-electron chi connectivity index (χ0n) is 21.3. The fourth-order valence-electron chi connectivity index (χ4n) is 4.95. The number of sulfone groups is 1. The lowest BCUT2D eigenvalue weighted by Gasteiger charge is -2.18. The Balaban J connectivity index is 1.31. The van der Waals surface area contributed by atoms with Crippen molar-refractivity contribution in [2.45, 2.75) is 29.5 Å². The van der Waals surface area contributed by atoms with Gasteiger partial charge in [-0.3, -0.25) is 4.79 Å². The third kappa shape index (κ3) is 6.10. The summed E-state index contributed by atoms with van der Waals surface area (Å²) in [6.07, 6.45) is 2.20. The third-order valence-electron chi connectivity index (χ3n) is 6.86. The molecule has 0 aliphatic rings. The zero-order chi connectivity index (χ0) is 27.2. The Morgan fingerprint density at radius 3 is 2.05 bits per heavy atom. The van der Waals surface area contributed by atoms with Crippen LogP contribution in [0.5, 0.6) is 0 Å². The summed E-state index contributed by atoms with van der Waals surface area (Å²) in [5, 5.41) is 3.51. The predicted molar refractivity (Wildman–Crippen MR) is 152 cm³/mol. The molecule has 1 aromatic heterocycles. The zero-order valence-corrected chi connectivity index (χ0v) is 22.2. The first-order valence-corrected chi connectivity index (χ1v) is 14.5. The number of benzene rings is 4. The largest absolute Gasteiger partial charge is 0.355 e. The number of carbonyl (C=O) groups excluding carboxylic acids is 1. The van der Waals surface area contributed by atoms with Gasteiger partial charge in [-0.25, -0.2) is 12.8 Å². The van der Waals surface area contributed by atoms with E-state index in [9.17, 15) is 17.6 Å². The second kappa shape index (κ2) is 11.7. The molecule has 0 saturated heterocycles. The van der Waals surface area contributed by atoms with Crippen LogP contribution in [-0.2, 0) is 26.9 Å². The average molecular weight is 541 g/mol. The van der Waals surface area contributed by atoms with Crippen molar-refractivity contribution in [3.05, 3.63) is 138 Å². The Morgan fingerprint density at radius 2 is 1.38 bits per heavy atom. The first-order valence-electron chi connectivity index (χ1n) is 12.8. The van der Waals surface area contributed by atoms with Gasteiger partial charge in [0.25, 0.3) is 0 Å². The molecule has 5 nitrogen and oxygen atoms in total. The summed E-state index contributed by atoms with van der Waals surface area (Å²) in [7, 11) is -3.86. The van der Waals surface area contributed by atoms with Gasteiger partial charge in [0, 0.05) is 35.1 Å². The smallest absolute Gasteiger partial charge is 0.239 e. The fourth-order valence-corrected chi connectivity index (χ4v) is 6.55. The number of nitrogens with one attached hydrogen (secondary N) is 1. The second-order valence-corrected chi connectivity index (χ2v) is 11.5. The van der Waals surface area contributed by atoms with Crippen molar-refractivity contribution in [2.75, 3.05) is 6.54 Å². The number of para-hydroxylation sites is 1. The summed E-state index contributed by atoms with van der Waals surface area (Å²) >= 11 is 0. The minimum atomic E-state index is -3.86. The van der Waals surface area contributed by atoms with E-state index < -0.39 is 21.4 Å². The maximum atomic E-state index is 14.2. The molecule has 0 aliphatic carbocycles. The molecule has 1 heterocycles. The summed E-state index contributed by atoms with van der Waals surface area (Å²) in [6.45, 7) is 0.433. The van der Waals surface area contributed by atoms with Gasteiger partial charge in [0.2, 0.25) is 5.91 Å². The van der Waals surface area contributed by atoms with Gasteiger partial charge in [-0.15, -0.1) is 0 Å². The lowest BCUT2D eigenvalue weighted by Crippen LogP contribution is -2.29. The van der Waals surface area contributed by atoms with Crippen molar-refractivity contribution in [3.63, 3.8) is 0 Å². The number of carbonyl (C=O) groups is 1. The number of halogens is 1. The summed E-state index contributed by atoms with van der Waals surface area (Å²) < 4.78 is 42.4. The van der Waals surface area contributed by atoms with E-state index in [4.69, 9.17) is 0 Å². The summed E-state index contributed by atoms with van der Waals surface area (Å²) in [4.78, 5) is 13.1. The van der Waals surface area contributed by atoms with Gasteiger partial charge < -0.3 is 9.88 Å². The third-order valence-corrected chi connectivity index (χ3v) is 8.55. The topological polar surface area (TPSA) is 68.2 Å². The molecule has 1 amide bonds. The Hall–Kier alpha value is -4.23. The van der Waals surface area contributed by atoms with E-state index >= 15 is 0 Å². The van der Waals surface area contributed by atoms with Crippen LogP contribution >= 0.6 is 0 Å². The normalized spacial score (nSPS) is 11.6. The molecule has 4 aromatic carbocycles. The number of fused-ring (bicyclic) bond motifs is 1. The second-order valence-electron chi connectivity index (χ2n) is 9.50. The number of rotatable bonds is 10. The molecule has 5 rings (SSSR count). The van der Waals surface area contributed by atoms with Crippen molar-refractivity contribution < 1.29 is 17.6 Å². The molecule has 198 valence electrons. The van der Waals surface area contributed by atoms with Gasteiger partial charge >= 0.3 is 0 Å². The number of amides is 1. The van der Waals surface area contributed by atoms with E-state index in [1.54, 1.807) is 34.9 Å². The highest BCUT2D eigenvalue weighted by molar-refractivity contribution is 7.90. The van der Waals surface area contributed by atoms with E-state index in [0.29, 0.717) is 23.9 Å². The molecule has 5 aromatic rings. The molecule has 0 atom stereocenters. The number of aromatic nitrogens is 1. The maximum Gasteiger partial charge on any atom is 0.239 e. The van der Waals surface area contributed by atoms with E-state index in [0.717, 1.165) is 0 Å². The van der Waals surface area contributed by atoms with Crippen LogP contribution in [0.4, 0.5) is 4.39 Å². The van der Waals surface area contributed by atoms with Crippen molar-refractivity contribution >= 4 is 26.6 Å². The van der Waals surface area contributed by atoms with E-state index in [1.165, 1.54) is 35.5 Å². The molecule has 0 unspecified atom stereocenters. The molecule has 0 bridgehead atoms. The summed E-state index contributed by atoms with van der Waals surface area (Å²) in [6, 6.07) is 33.3. The van der Waals surface area contributed by atoms with Crippen molar-refractivity contribution in [2.24, 2.45) is 0 Å². The lowest BCUT2D eigenvalue weighted by atomic mass is 9.88. The highest BCUT2D eigenvalue weighted by Crippen LogP contribution is 2.29. The van der Waals surface area contributed by atoms with Gasteiger partial charge in [-0.05, 0) is 29.7 Å². The number of hydrogen-bond acceptors (Lipinski definition) is 3. The molecule has 0 saturated carbocycles. The van der Waals surface area contributed by atoms with Gasteiger partial charge in [-0.1, -0.05) is 97.1 Å². The molecule has 0 fully saturated rings. The maximum absolute atomic E-state index is 14.2. The molecule has 39 heavy (non-hydrogen) atoms. The quantitative estimate of drug-likeness (QED) is 0.233. The van der Waals surface area contributed by atoms with Crippen molar-refractivity contribution in [3.8, 4) is 0 Å². The molecule has 1 N–H and O–H groups in total. The lowest BCUT2D eigenvalue weighted by molar-refractivity contribution is -0.121. The molecule has 7 heteroatoms. The predicted octanol–water partition coefficient (Wildman–Crippen LogP) is 6.09. The first kappa shape index (κ1) is 26.4. The standard InChI is InChI=1S/C32H29FN2O3S/c33-29-17-9-7-15-26(29)23-39(37,38)31-21-35(30-18-10-8-16-28(30)31)22-32(36)34-20-19-27(24-11-3-1-4-12-24)25-13-5-2-6-14-25/h1-18,21,27H,19-20,22-23H2,(H,34,36). The average Bonchev–Trinajstić information content (AvgIpc) is 3.32. The van der Waals surface area contributed by atoms with Gasteiger partial charge in [-0.2, -0.15) is 0 Å². The minimum Gasteiger partial charge on any atom is -0.355 e. The van der Waals surface area contributed by atoms with Crippen LogP contribution in [0.1, 0.15) is 29.0 Å². The molecular formula is C32H29FN2O3S. The van der Waals surface area contributed by atoms with Crippen molar-refractivity contribution in [1.82, 2.24) is 9.88 Å². The van der Waals surface area contributed by atoms with Crippen LogP contribution in [0.15, 0.2) is 120 Å². The van der Waals surface area contributed by atoms with Crippen LogP contribution in [0.2, 0.25) is 0 Å². The highest BCUT2D eigenvalue weighted by atomic mass is 32.2. The summed E-state index contributed by atoms with van der Waals surface area (Å²) in [5.74, 6) is -1.10. The Kier molecular flexibility index (Phi) is 7.89. The van der Waals surface area contributed by atoms with Crippen molar-refractivity contribution in [1.29, 1.82) is 0 Å². The highest BCUT2D eigenvalue weighted by Gasteiger charge is 2.23. The van der Waals surface area contributed by atoms with Crippen LogP contribution in [0, 0.1) is 5.82 Å². The Labute approximate surface area is 227 Å². The molecule has 0 radical (unpaired) electrons. The fraction of sp³-hybridized carbons (Fsp3) is 0.156. The van der Waals surface area contributed by atoms with Gasteiger partial charge in [0.1, 0.15) is 12.4 Å². The van der Waals surface area contributed by atoms with Crippen LogP contribution in [0.3, 0.4) is 0 Å². The van der Waals surface area contributed by atoms with Crippen LogP contribution < -0.4 is 5.32 Å². The van der Waals surface area contributed by atoms with Crippen LogP contribution in [0.25, 0.3) is 10.9 Å². The number of hydrogen-bond donors (Lipinski definition) is 1. The first-order chi connectivity index (χ1) is 18.9. The minimum absolute atomic E-state index is 0.0307. The molecule has 0 aliphatic heterocycles. The van der Waals surface area contributed by atoms with E-state index in [-0.39, 0.29) is 28.8 Å². The molecular weight excluding hydrogens is 511 g/mol. The van der Waals surface area contributed by atoms with Gasteiger partial charge in [0.15, 0.2) is 9.84 Å². The number of nitrogens with zero attached hydrogens (tertiary/aromatic N) is 1. The molecule has 0 spiro atoms. The van der Waals surface area contributed by atoms with E-state index in [2.05, 4.69) is 29.6 Å². The Bertz CT molecular complexity index is 1640. The van der Waals surface area contributed by atoms with Crippen LogP contribution in [-0.4, -0.2) is 25.4 Å². The van der Waals surface area contributed by atoms with Gasteiger partial charge in [0.05, 0.1) is 10.6 Å². The summed E-state index contributed by atoms with van der Waals surface area (Å²) in [5.41, 5.74) is 3.10.